The second kappa shape index (κ2) is 9.64. The summed E-state index contributed by atoms with van der Waals surface area (Å²) in [6.07, 6.45) is 0.597. The molecule has 1 N–H and O–H groups in total. The van der Waals surface area contributed by atoms with E-state index in [0.717, 1.165) is 16.7 Å². The maximum Gasteiger partial charge on any atom is 0.338 e. The van der Waals surface area contributed by atoms with Gasteiger partial charge < -0.3 is 10.1 Å². The van der Waals surface area contributed by atoms with Crippen LogP contribution < -0.4 is 5.32 Å². The molecule has 0 spiro atoms. The van der Waals surface area contributed by atoms with Gasteiger partial charge in [0, 0.05) is 0 Å². The van der Waals surface area contributed by atoms with Crippen LogP contribution >= 0.6 is 0 Å². The number of hydrogen-bond acceptors (Lipinski definition) is 3. The van der Waals surface area contributed by atoms with Gasteiger partial charge in [0.2, 0.25) is 0 Å². The topological polar surface area (TPSA) is 55.4 Å². The third-order valence-electron chi connectivity index (χ3n) is 4.56. The molecule has 3 aromatic carbocycles. The highest BCUT2D eigenvalue weighted by atomic mass is 19.1. The molecule has 29 heavy (non-hydrogen) atoms. The molecule has 4 nitrogen and oxygen atoms in total. The summed E-state index contributed by atoms with van der Waals surface area (Å²) in [6, 6.07) is 22.6. The maximum atomic E-state index is 13.0. The molecule has 0 saturated carbocycles. The lowest BCUT2D eigenvalue weighted by Crippen LogP contribution is -2.31. The molecule has 0 radical (unpaired) electrons. The minimum Gasteiger partial charge on any atom is -0.452 e. The van der Waals surface area contributed by atoms with Gasteiger partial charge in [-0.3, -0.25) is 4.79 Å². The molecule has 0 fully saturated rings. The van der Waals surface area contributed by atoms with E-state index in [1.165, 1.54) is 12.1 Å². The average molecular weight is 391 g/mol. The Labute approximate surface area is 169 Å². The van der Waals surface area contributed by atoms with E-state index in [0.29, 0.717) is 12.0 Å². The van der Waals surface area contributed by atoms with Crippen molar-refractivity contribution in [3.05, 3.63) is 107 Å². The number of nitrogens with one attached hydrogen (secondary N) is 1. The number of benzene rings is 3. The van der Waals surface area contributed by atoms with Crippen LogP contribution in [0.1, 0.15) is 40.0 Å². The summed E-state index contributed by atoms with van der Waals surface area (Å²) >= 11 is 0. The van der Waals surface area contributed by atoms with Crippen molar-refractivity contribution in [1.29, 1.82) is 0 Å². The van der Waals surface area contributed by atoms with Crippen molar-refractivity contribution < 1.29 is 18.7 Å². The first-order chi connectivity index (χ1) is 14.0. The Hall–Kier alpha value is -3.47. The Balaban J connectivity index is 1.58. The van der Waals surface area contributed by atoms with E-state index in [1.54, 1.807) is 31.2 Å². The van der Waals surface area contributed by atoms with Gasteiger partial charge in [0.05, 0.1) is 11.6 Å². The van der Waals surface area contributed by atoms with E-state index in [4.69, 9.17) is 4.74 Å². The normalized spacial score (nSPS) is 11.5. The molecular formula is C24H22FNO3. The summed E-state index contributed by atoms with van der Waals surface area (Å²) in [6.45, 7) is 1.39. The Morgan fingerprint density at radius 1 is 0.931 bits per heavy atom. The Morgan fingerprint density at radius 3 is 2.31 bits per heavy atom. The third kappa shape index (κ3) is 5.75. The molecule has 0 bridgehead atoms. The molecule has 1 unspecified atom stereocenters. The fraction of sp³-hybridized carbons (Fsp3) is 0.167. The molecule has 0 aliphatic heterocycles. The van der Waals surface area contributed by atoms with E-state index in [2.05, 4.69) is 5.32 Å². The van der Waals surface area contributed by atoms with Crippen LogP contribution in [0.5, 0.6) is 0 Å². The molecule has 0 aliphatic rings. The number of rotatable bonds is 7. The monoisotopic (exact) mass is 391 g/mol. The molecule has 3 rings (SSSR count). The summed E-state index contributed by atoms with van der Waals surface area (Å²) in [5.41, 5.74) is 3.12. The van der Waals surface area contributed by atoms with Crippen molar-refractivity contribution in [2.45, 2.75) is 19.4 Å². The SMILES string of the molecule is CC(NC(=O)COC(=O)c1ccccc1Cc1ccccc1)c1ccc(F)cc1. The number of hydrogen-bond donors (Lipinski definition) is 1. The van der Waals surface area contributed by atoms with Gasteiger partial charge >= 0.3 is 5.97 Å². The first-order valence-electron chi connectivity index (χ1n) is 9.36. The van der Waals surface area contributed by atoms with Crippen molar-refractivity contribution in [1.82, 2.24) is 5.32 Å². The summed E-state index contributed by atoms with van der Waals surface area (Å²) in [4.78, 5) is 24.7. The van der Waals surface area contributed by atoms with Gasteiger partial charge in [-0.05, 0) is 48.2 Å². The van der Waals surface area contributed by atoms with Gasteiger partial charge in [0.15, 0.2) is 6.61 Å². The summed E-state index contributed by atoms with van der Waals surface area (Å²) in [7, 11) is 0. The average Bonchev–Trinajstić information content (AvgIpc) is 2.73. The van der Waals surface area contributed by atoms with Crippen LogP contribution in [0.15, 0.2) is 78.9 Å². The van der Waals surface area contributed by atoms with Crippen molar-refractivity contribution >= 4 is 11.9 Å². The van der Waals surface area contributed by atoms with Crippen molar-refractivity contribution in [2.75, 3.05) is 6.61 Å². The Kier molecular flexibility index (Phi) is 6.74. The highest BCUT2D eigenvalue weighted by Crippen LogP contribution is 2.16. The molecular weight excluding hydrogens is 369 g/mol. The van der Waals surface area contributed by atoms with Crippen LogP contribution in [0.4, 0.5) is 4.39 Å². The predicted molar refractivity (Wildman–Crippen MR) is 109 cm³/mol. The first-order valence-corrected chi connectivity index (χ1v) is 9.36. The van der Waals surface area contributed by atoms with E-state index in [-0.39, 0.29) is 18.5 Å². The summed E-state index contributed by atoms with van der Waals surface area (Å²) < 4.78 is 18.2. The Morgan fingerprint density at radius 2 is 1.59 bits per heavy atom. The van der Waals surface area contributed by atoms with E-state index in [1.807, 2.05) is 42.5 Å². The van der Waals surface area contributed by atoms with Crippen molar-refractivity contribution in [3.8, 4) is 0 Å². The second-order valence-corrected chi connectivity index (χ2v) is 6.74. The largest absolute Gasteiger partial charge is 0.452 e. The third-order valence-corrected chi connectivity index (χ3v) is 4.56. The molecule has 0 aliphatic carbocycles. The fourth-order valence-electron chi connectivity index (χ4n) is 3.02. The standard InChI is InChI=1S/C24H22FNO3/c1-17(19-11-13-21(25)14-12-19)26-23(27)16-29-24(28)22-10-6-5-9-20(22)15-18-7-3-2-4-8-18/h2-14,17H,15-16H2,1H3,(H,26,27). The lowest BCUT2D eigenvalue weighted by molar-refractivity contribution is -0.124. The fourth-order valence-corrected chi connectivity index (χ4v) is 3.02. The number of halogens is 1. The number of carbonyl (C=O) groups is 2. The van der Waals surface area contributed by atoms with Gasteiger partial charge in [-0.25, -0.2) is 9.18 Å². The summed E-state index contributed by atoms with van der Waals surface area (Å²) in [5, 5.41) is 2.74. The Bertz CT molecular complexity index is 971. The van der Waals surface area contributed by atoms with E-state index in [9.17, 15) is 14.0 Å². The van der Waals surface area contributed by atoms with Gasteiger partial charge in [0.1, 0.15) is 5.82 Å². The zero-order valence-electron chi connectivity index (χ0n) is 16.1. The highest BCUT2D eigenvalue weighted by Gasteiger charge is 2.16. The quantitative estimate of drug-likeness (QED) is 0.606. The van der Waals surface area contributed by atoms with Crippen molar-refractivity contribution in [2.24, 2.45) is 0 Å². The lowest BCUT2D eigenvalue weighted by Gasteiger charge is -2.15. The van der Waals surface area contributed by atoms with Gasteiger partial charge in [-0.2, -0.15) is 0 Å². The van der Waals surface area contributed by atoms with E-state index >= 15 is 0 Å². The van der Waals surface area contributed by atoms with Crippen molar-refractivity contribution in [3.63, 3.8) is 0 Å². The first kappa shape index (κ1) is 20.3. The zero-order chi connectivity index (χ0) is 20.6. The van der Waals surface area contributed by atoms with Crippen LogP contribution in [-0.4, -0.2) is 18.5 Å². The molecule has 1 amide bonds. The number of carbonyl (C=O) groups excluding carboxylic acids is 2. The van der Waals surface area contributed by atoms with Crippen LogP contribution in [0.2, 0.25) is 0 Å². The molecule has 148 valence electrons. The number of amides is 1. The molecule has 1 atom stereocenters. The van der Waals surface area contributed by atoms with Crippen LogP contribution in [0, 0.1) is 5.82 Å². The molecule has 0 heterocycles. The van der Waals surface area contributed by atoms with Crippen LogP contribution in [-0.2, 0) is 16.0 Å². The number of esters is 1. The van der Waals surface area contributed by atoms with Crippen LogP contribution in [0.25, 0.3) is 0 Å². The van der Waals surface area contributed by atoms with Gasteiger partial charge in [-0.1, -0.05) is 60.7 Å². The molecule has 0 aromatic heterocycles. The lowest BCUT2D eigenvalue weighted by atomic mass is 10.00. The van der Waals surface area contributed by atoms with E-state index < -0.39 is 11.9 Å². The molecule has 0 saturated heterocycles. The smallest absolute Gasteiger partial charge is 0.338 e. The maximum absolute atomic E-state index is 13.0. The molecule has 3 aromatic rings. The summed E-state index contributed by atoms with van der Waals surface area (Å²) in [5.74, 6) is -1.30. The number of ether oxygens (including phenoxy) is 1. The zero-order valence-corrected chi connectivity index (χ0v) is 16.1. The second-order valence-electron chi connectivity index (χ2n) is 6.74. The highest BCUT2D eigenvalue weighted by molar-refractivity contribution is 5.92. The predicted octanol–water partition coefficient (Wildman–Crippen LogP) is 4.45. The minimum atomic E-state index is -0.541. The minimum absolute atomic E-state index is 0.327. The van der Waals surface area contributed by atoms with Crippen LogP contribution in [0.3, 0.4) is 0 Å². The van der Waals surface area contributed by atoms with Gasteiger partial charge in [-0.15, -0.1) is 0 Å². The molecule has 5 heteroatoms. The van der Waals surface area contributed by atoms with Gasteiger partial charge in [0.25, 0.3) is 5.91 Å².